The normalized spacial score (nSPS) is 10.8. The number of hydrogen-bond donors (Lipinski definition) is 1. The Kier molecular flexibility index (Phi) is 4.77. The summed E-state index contributed by atoms with van der Waals surface area (Å²) < 4.78 is 8.70. The van der Waals surface area contributed by atoms with Gasteiger partial charge in [0, 0.05) is 19.2 Å². The van der Waals surface area contributed by atoms with E-state index >= 15 is 0 Å². The molecule has 1 N–H and O–H groups in total. The first-order valence-corrected chi connectivity index (χ1v) is 7.80. The molecular weight excluding hydrogens is 304 g/mol. The minimum Gasteiger partial charge on any atom is -0.490 e. The van der Waals surface area contributed by atoms with Crippen LogP contribution in [0.5, 0.6) is 5.75 Å². The van der Waals surface area contributed by atoms with Crippen molar-refractivity contribution < 1.29 is 4.74 Å². The first kappa shape index (κ1) is 16.0. The van der Waals surface area contributed by atoms with E-state index in [2.05, 4.69) is 10.4 Å². The number of likely N-dealkylation sites (N-methyl/N-ethyl adjacent to an activating group) is 1. The molecule has 0 atom stereocenters. The molecule has 6 nitrogen and oxygen atoms in total. The van der Waals surface area contributed by atoms with Gasteiger partial charge in [-0.15, -0.1) is 5.10 Å². The molecule has 124 valence electrons. The summed E-state index contributed by atoms with van der Waals surface area (Å²) in [7, 11) is 3.59. The van der Waals surface area contributed by atoms with Crippen LogP contribution in [0.15, 0.2) is 59.4 Å². The molecule has 0 saturated carbocycles. The van der Waals surface area contributed by atoms with Gasteiger partial charge in [-0.25, -0.2) is 4.79 Å². The van der Waals surface area contributed by atoms with Crippen molar-refractivity contribution in [2.24, 2.45) is 7.05 Å². The monoisotopic (exact) mass is 324 g/mol. The van der Waals surface area contributed by atoms with E-state index in [0.29, 0.717) is 23.9 Å². The maximum Gasteiger partial charge on any atom is 0.350 e. The average molecular weight is 324 g/mol. The lowest BCUT2D eigenvalue weighted by molar-refractivity contribution is 0.316. The van der Waals surface area contributed by atoms with Gasteiger partial charge in [-0.3, -0.25) is 4.57 Å². The summed E-state index contributed by atoms with van der Waals surface area (Å²) in [5.41, 5.74) is 1.32. The summed E-state index contributed by atoms with van der Waals surface area (Å²) in [5.74, 6) is 1.25. The van der Waals surface area contributed by atoms with Crippen molar-refractivity contribution in [2.45, 2.75) is 0 Å². The van der Waals surface area contributed by atoms with E-state index in [1.807, 2.05) is 61.6 Å². The van der Waals surface area contributed by atoms with Gasteiger partial charge in [0.15, 0.2) is 5.82 Å². The summed E-state index contributed by atoms with van der Waals surface area (Å²) in [6.07, 6.45) is 0. The lowest BCUT2D eigenvalue weighted by Crippen LogP contribution is -2.23. The fourth-order valence-corrected chi connectivity index (χ4v) is 2.45. The Hall–Kier alpha value is -2.86. The number of para-hydroxylation sites is 2. The second-order valence-electron chi connectivity index (χ2n) is 5.36. The van der Waals surface area contributed by atoms with Crippen LogP contribution in [-0.2, 0) is 7.05 Å². The number of nitrogens with zero attached hydrogens (tertiary/aromatic N) is 3. The number of benzene rings is 2. The molecule has 0 saturated heterocycles. The quantitative estimate of drug-likeness (QED) is 0.703. The molecule has 0 amide bonds. The van der Waals surface area contributed by atoms with Crippen LogP contribution >= 0.6 is 0 Å². The highest BCUT2D eigenvalue weighted by Crippen LogP contribution is 2.22. The van der Waals surface area contributed by atoms with Crippen LogP contribution in [0.1, 0.15) is 0 Å². The molecule has 0 unspecified atom stereocenters. The summed E-state index contributed by atoms with van der Waals surface area (Å²) in [6, 6.07) is 17.1. The van der Waals surface area contributed by atoms with E-state index in [-0.39, 0.29) is 5.69 Å². The van der Waals surface area contributed by atoms with E-state index in [9.17, 15) is 4.79 Å². The molecule has 2 aromatic carbocycles. The van der Waals surface area contributed by atoms with Gasteiger partial charge in [0.1, 0.15) is 18.0 Å². The third-order valence-corrected chi connectivity index (χ3v) is 3.72. The van der Waals surface area contributed by atoms with Crippen LogP contribution in [0.4, 0.5) is 0 Å². The van der Waals surface area contributed by atoms with Gasteiger partial charge in [0.2, 0.25) is 0 Å². The summed E-state index contributed by atoms with van der Waals surface area (Å²) in [6.45, 7) is 1.24. The van der Waals surface area contributed by atoms with Gasteiger partial charge in [-0.2, -0.15) is 4.68 Å². The number of hydrogen-bond acceptors (Lipinski definition) is 4. The molecule has 0 aliphatic heterocycles. The van der Waals surface area contributed by atoms with Crippen molar-refractivity contribution in [1.29, 1.82) is 0 Å². The molecule has 0 radical (unpaired) electrons. The van der Waals surface area contributed by atoms with Gasteiger partial charge in [-0.1, -0.05) is 42.5 Å². The zero-order chi connectivity index (χ0) is 16.9. The second kappa shape index (κ2) is 7.14. The van der Waals surface area contributed by atoms with Gasteiger partial charge in [-0.05, 0) is 19.2 Å². The third kappa shape index (κ3) is 3.09. The molecule has 3 aromatic rings. The predicted molar refractivity (Wildman–Crippen MR) is 93.7 cm³/mol. The van der Waals surface area contributed by atoms with Crippen LogP contribution in [0, 0.1) is 0 Å². The Morgan fingerprint density at radius 3 is 2.54 bits per heavy atom. The van der Waals surface area contributed by atoms with Crippen molar-refractivity contribution in [2.75, 3.05) is 20.2 Å². The number of nitrogens with one attached hydrogen (secondary N) is 1. The van der Waals surface area contributed by atoms with Crippen molar-refractivity contribution in [1.82, 2.24) is 19.7 Å². The van der Waals surface area contributed by atoms with Crippen molar-refractivity contribution in [3.05, 3.63) is 65.1 Å². The maximum absolute atomic E-state index is 12.6. The van der Waals surface area contributed by atoms with Crippen LogP contribution in [-0.4, -0.2) is 34.5 Å². The Labute approximate surface area is 140 Å². The Morgan fingerprint density at radius 2 is 1.79 bits per heavy atom. The van der Waals surface area contributed by atoms with Crippen molar-refractivity contribution in [3.8, 4) is 22.8 Å². The van der Waals surface area contributed by atoms with Gasteiger partial charge in [0.25, 0.3) is 0 Å². The Bertz CT molecular complexity index is 868. The SMILES string of the molecule is CNCCOc1ccccc1-n1nc(-c2ccccc2)n(C)c1=O. The maximum atomic E-state index is 12.6. The van der Waals surface area contributed by atoms with Gasteiger partial charge >= 0.3 is 5.69 Å². The molecule has 0 aliphatic rings. The zero-order valence-electron chi connectivity index (χ0n) is 13.8. The first-order valence-electron chi connectivity index (χ1n) is 7.80. The number of ether oxygens (including phenoxy) is 1. The van der Waals surface area contributed by atoms with E-state index in [4.69, 9.17) is 4.74 Å². The van der Waals surface area contributed by atoms with Crippen LogP contribution in [0.3, 0.4) is 0 Å². The van der Waals surface area contributed by atoms with E-state index in [0.717, 1.165) is 12.1 Å². The highest BCUT2D eigenvalue weighted by atomic mass is 16.5. The molecule has 3 rings (SSSR count). The molecule has 0 spiro atoms. The summed E-state index contributed by atoms with van der Waals surface area (Å²) in [5, 5.41) is 7.54. The minimum absolute atomic E-state index is 0.210. The van der Waals surface area contributed by atoms with E-state index < -0.39 is 0 Å². The Balaban J connectivity index is 2.04. The lowest BCUT2D eigenvalue weighted by Gasteiger charge is -2.10. The van der Waals surface area contributed by atoms with Crippen molar-refractivity contribution >= 4 is 0 Å². The highest BCUT2D eigenvalue weighted by molar-refractivity contribution is 5.55. The standard InChI is InChI=1S/C18H20N4O2/c1-19-12-13-24-16-11-7-6-10-15(16)22-18(23)21(2)17(20-22)14-8-4-3-5-9-14/h3-11,19H,12-13H2,1-2H3. The molecule has 1 aromatic heterocycles. The molecule has 1 heterocycles. The summed E-state index contributed by atoms with van der Waals surface area (Å²) in [4.78, 5) is 12.6. The third-order valence-electron chi connectivity index (χ3n) is 3.72. The topological polar surface area (TPSA) is 61.1 Å². The molecule has 0 bridgehead atoms. The smallest absolute Gasteiger partial charge is 0.350 e. The average Bonchev–Trinajstić information content (AvgIpc) is 2.92. The number of aromatic nitrogens is 3. The fraction of sp³-hybridized carbons (Fsp3) is 0.222. The van der Waals surface area contributed by atoms with E-state index in [1.165, 1.54) is 4.68 Å². The molecular formula is C18H20N4O2. The predicted octanol–water partition coefficient (Wildman–Crippen LogP) is 1.84. The molecule has 24 heavy (non-hydrogen) atoms. The lowest BCUT2D eigenvalue weighted by atomic mass is 10.2. The van der Waals surface area contributed by atoms with Crippen LogP contribution in [0.25, 0.3) is 17.1 Å². The first-order chi connectivity index (χ1) is 11.7. The molecule has 0 fully saturated rings. The number of rotatable bonds is 6. The van der Waals surface area contributed by atoms with Gasteiger partial charge < -0.3 is 10.1 Å². The van der Waals surface area contributed by atoms with Gasteiger partial charge in [0.05, 0.1) is 0 Å². The Morgan fingerprint density at radius 1 is 1.08 bits per heavy atom. The highest BCUT2D eigenvalue weighted by Gasteiger charge is 2.16. The van der Waals surface area contributed by atoms with Crippen LogP contribution in [0.2, 0.25) is 0 Å². The zero-order valence-corrected chi connectivity index (χ0v) is 13.8. The van der Waals surface area contributed by atoms with Crippen LogP contribution < -0.4 is 15.7 Å². The molecule has 0 aliphatic carbocycles. The fourth-order valence-electron chi connectivity index (χ4n) is 2.45. The summed E-state index contributed by atoms with van der Waals surface area (Å²) >= 11 is 0. The largest absolute Gasteiger partial charge is 0.490 e. The minimum atomic E-state index is -0.210. The van der Waals surface area contributed by atoms with E-state index in [1.54, 1.807) is 11.6 Å². The van der Waals surface area contributed by atoms with Crippen molar-refractivity contribution in [3.63, 3.8) is 0 Å². The second-order valence-corrected chi connectivity index (χ2v) is 5.36. The molecule has 6 heteroatoms.